The van der Waals surface area contributed by atoms with Crippen LogP contribution in [0.3, 0.4) is 0 Å². The molecule has 0 aromatic heterocycles. The molecule has 1 aliphatic rings. The van der Waals surface area contributed by atoms with Gasteiger partial charge >= 0.3 is 0 Å². The van der Waals surface area contributed by atoms with Gasteiger partial charge in [-0.2, -0.15) is 0 Å². The number of aryl methyl sites for hydroxylation is 1. The predicted octanol–water partition coefficient (Wildman–Crippen LogP) is 2.84. The third kappa shape index (κ3) is 4.82. The van der Waals surface area contributed by atoms with E-state index in [4.69, 9.17) is 9.47 Å². The van der Waals surface area contributed by atoms with Gasteiger partial charge in [0.05, 0.1) is 0 Å². The quantitative estimate of drug-likeness (QED) is 0.772. The summed E-state index contributed by atoms with van der Waals surface area (Å²) in [7, 11) is 0. The molecule has 0 saturated carbocycles. The molecule has 3 rings (SSSR count). The molecule has 1 heterocycles. The molecule has 0 spiro atoms. The van der Waals surface area contributed by atoms with E-state index in [1.807, 2.05) is 51.1 Å². The second-order valence-electron chi connectivity index (χ2n) is 7.29. The van der Waals surface area contributed by atoms with E-state index in [1.165, 1.54) is 0 Å². The molecule has 1 atom stereocenters. The first kappa shape index (κ1) is 19.7. The Morgan fingerprint density at radius 3 is 2.46 bits per heavy atom. The summed E-state index contributed by atoms with van der Waals surface area (Å²) in [6.45, 7) is 6.51. The highest BCUT2D eigenvalue weighted by Gasteiger charge is 2.24. The van der Waals surface area contributed by atoms with Crippen molar-refractivity contribution in [2.45, 2.75) is 33.2 Å². The van der Waals surface area contributed by atoms with Gasteiger partial charge in [-0.05, 0) is 49.1 Å². The van der Waals surface area contributed by atoms with Crippen LogP contribution < -0.4 is 20.1 Å². The Morgan fingerprint density at radius 1 is 1.04 bits per heavy atom. The molecule has 28 heavy (non-hydrogen) atoms. The number of carbonyl (C=O) groups excluding carboxylic acids is 2. The number of hydrogen-bond acceptors (Lipinski definition) is 4. The Balaban J connectivity index is 1.54. The van der Waals surface area contributed by atoms with Crippen molar-refractivity contribution >= 4 is 11.8 Å². The van der Waals surface area contributed by atoms with Crippen LogP contribution in [0.15, 0.2) is 42.5 Å². The van der Waals surface area contributed by atoms with Gasteiger partial charge in [0.1, 0.15) is 6.04 Å². The largest absolute Gasteiger partial charge is 0.454 e. The maximum Gasteiger partial charge on any atom is 0.251 e. The molecule has 2 N–H and O–H groups in total. The molecular formula is C22H26N2O4. The zero-order chi connectivity index (χ0) is 20.1. The highest BCUT2D eigenvalue weighted by molar-refractivity contribution is 5.97. The number of ether oxygens (including phenoxy) is 2. The average Bonchev–Trinajstić information content (AvgIpc) is 3.14. The van der Waals surface area contributed by atoms with Crippen LogP contribution >= 0.6 is 0 Å². The Hall–Kier alpha value is -3.02. The van der Waals surface area contributed by atoms with E-state index in [1.54, 1.807) is 12.1 Å². The molecule has 0 radical (unpaired) electrons. The molecule has 2 aromatic carbocycles. The number of hydrogen-bond donors (Lipinski definition) is 2. The maximum atomic E-state index is 12.6. The van der Waals surface area contributed by atoms with Crippen molar-refractivity contribution in [3.05, 3.63) is 59.2 Å². The van der Waals surface area contributed by atoms with Crippen LogP contribution in [0.2, 0.25) is 0 Å². The van der Waals surface area contributed by atoms with E-state index in [0.717, 1.165) is 22.6 Å². The molecule has 148 valence electrons. The van der Waals surface area contributed by atoms with E-state index in [-0.39, 0.29) is 24.5 Å². The van der Waals surface area contributed by atoms with Gasteiger partial charge < -0.3 is 20.1 Å². The lowest BCUT2D eigenvalue weighted by atomic mass is 10.0. The Morgan fingerprint density at radius 2 is 1.75 bits per heavy atom. The maximum absolute atomic E-state index is 12.6. The van der Waals surface area contributed by atoms with E-state index in [9.17, 15) is 9.59 Å². The third-order valence-corrected chi connectivity index (χ3v) is 4.70. The summed E-state index contributed by atoms with van der Waals surface area (Å²) in [6.07, 6.45) is 0.666. The number of benzene rings is 2. The topological polar surface area (TPSA) is 76.7 Å². The number of carbonyl (C=O) groups is 2. The van der Waals surface area contributed by atoms with Gasteiger partial charge in [0.15, 0.2) is 11.5 Å². The molecule has 2 amide bonds. The lowest BCUT2D eigenvalue weighted by molar-refractivity contribution is -0.123. The third-order valence-electron chi connectivity index (χ3n) is 4.70. The monoisotopic (exact) mass is 382 g/mol. The second-order valence-corrected chi connectivity index (χ2v) is 7.29. The molecule has 6 heteroatoms. The molecule has 0 bridgehead atoms. The normalized spacial score (nSPS) is 13.3. The van der Waals surface area contributed by atoms with Gasteiger partial charge in [0.25, 0.3) is 5.91 Å². The summed E-state index contributed by atoms with van der Waals surface area (Å²) in [5.41, 5.74) is 2.68. The lowest BCUT2D eigenvalue weighted by Crippen LogP contribution is -2.50. The highest BCUT2D eigenvalue weighted by Crippen LogP contribution is 2.32. The van der Waals surface area contributed by atoms with Crippen molar-refractivity contribution in [3.8, 4) is 11.5 Å². The molecular weight excluding hydrogens is 356 g/mol. The van der Waals surface area contributed by atoms with Crippen molar-refractivity contribution in [1.82, 2.24) is 10.6 Å². The molecule has 2 aromatic rings. The first-order valence-electron chi connectivity index (χ1n) is 9.48. The van der Waals surface area contributed by atoms with E-state index < -0.39 is 6.04 Å². The van der Waals surface area contributed by atoms with Crippen molar-refractivity contribution < 1.29 is 19.1 Å². The fraction of sp³-hybridized carbons (Fsp3) is 0.364. The first-order valence-corrected chi connectivity index (χ1v) is 9.48. The van der Waals surface area contributed by atoms with Crippen molar-refractivity contribution in [2.75, 3.05) is 13.3 Å². The van der Waals surface area contributed by atoms with Crippen LogP contribution in [0.25, 0.3) is 0 Å². The molecule has 0 aliphatic carbocycles. The fourth-order valence-corrected chi connectivity index (χ4v) is 3.00. The number of amides is 2. The number of nitrogens with one attached hydrogen (secondary N) is 2. The fourth-order valence-electron chi connectivity index (χ4n) is 3.00. The smallest absolute Gasteiger partial charge is 0.251 e. The Kier molecular flexibility index (Phi) is 6.19. The Bertz CT molecular complexity index is 846. The van der Waals surface area contributed by atoms with Gasteiger partial charge in [-0.3, -0.25) is 9.59 Å². The van der Waals surface area contributed by atoms with Gasteiger partial charge in [0, 0.05) is 12.1 Å². The molecule has 0 fully saturated rings. The zero-order valence-corrected chi connectivity index (χ0v) is 16.5. The summed E-state index contributed by atoms with van der Waals surface area (Å²) in [5, 5.41) is 5.77. The molecule has 1 aliphatic heterocycles. The molecule has 6 nitrogen and oxygen atoms in total. The van der Waals surface area contributed by atoms with Crippen LogP contribution in [0, 0.1) is 12.8 Å². The van der Waals surface area contributed by atoms with E-state index in [0.29, 0.717) is 18.5 Å². The Labute approximate surface area is 165 Å². The first-order chi connectivity index (χ1) is 13.4. The van der Waals surface area contributed by atoms with Crippen LogP contribution in [0.4, 0.5) is 0 Å². The van der Waals surface area contributed by atoms with E-state index in [2.05, 4.69) is 10.6 Å². The summed E-state index contributed by atoms with van der Waals surface area (Å²) >= 11 is 0. The van der Waals surface area contributed by atoms with Crippen molar-refractivity contribution in [3.63, 3.8) is 0 Å². The van der Waals surface area contributed by atoms with Crippen molar-refractivity contribution in [1.29, 1.82) is 0 Å². The lowest BCUT2D eigenvalue weighted by Gasteiger charge is -2.22. The summed E-state index contributed by atoms with van der Waals surface area (Å²) in [4.78, 5) is 25.1. The van der Waals surface area contributed by atoms with E-state index >= 15 is 0 Å². The molecule has 0 saturated heterocycles. The van der Waals surface area contributed by atoms with Gasteiger partial charge in [-0.15, -0.1) is 0 Å². The minimum absolute atomic E-state index is 0.0278. The van der Waals surface area contributed by atoms with Crippen LogP contribution in [0.1, 0.15) is 35.3 Å². The van der Waals surface area contributed by atoms with Gasteiger partial charge in [0.2, 0.25) is 12.7 Å². The van der Waals surface area contributed by atoms with Crippen LogP contribution in [0.5, 0.6) is 11.5 Å². The average molecular weight is 382 g/mol. The minimum Gasteiger partial charge on any atom is -0.454 e. The predicted molar refractivity (Wildman–Crippen MR) is 107 cm³/mol. The SMILES string of the molecule is Cc1ccc(C(=O)NC(C(=O)NCCc2ccc3c(c2)OCO3)C(C)C)cc1. The minimum atomic E-state index is -0.592. The standard InChI is InChI=1S/C22H26N2O4/c1-14(2)20(24-21(25)17-7-4-15(3)5-8-17)22(26)23-11-10-16-6-9-18-19(12-16)28-13-27-18/h4-9,12,14,20H,10-11,13H2,1-3H3,(H,23,26)(H,24,25). The summed E-state index contributed by atoms with van der Waals surface area (Å²) in [5.74, 6) is 1.02. The highest BCUT2D eigenvalue weighted by atomic mass is 16.7. The van der Waals surface area contributed by atoms with Crippen LogP contribution in [-0.2, 0) is 11.2 Å². The van der Waals surface area contributed by atoms with Gasteiger partial charge in [-0.25, -0.2) is 0 Å². The summed E-state index contributed by atoms with van der Waals surface area (Å²) in [6, 6.07) is 12.4. The van der Waals surface area contributed by atoms with Gasteiger partial charge in [-0.1, -0.05) is 37.6 Å². The number of fused-ring (bicyclic) bond motifs is 1. The van der Waals surface area contributed by atoms with Crippen LogP contribution in [-0.4, -0.2) is 31.2 Å². The number of rotatable bonds is 7. The molecule has 1 unspecified atom stereocenters. The summed E-state index contributed by atoms with van der Waals surface area (Å²) < 4.78 is 10.7. The second kappa shape index (κ2) is 8.78. The zero-order valence-electron chi connectivity index (χ0n) is 16.5. The van der Waals surface area contributed by atoms with Crippen molar-refractivity contribution in [2.24, 2.45) is 5.92 Å².